The Kier molecular flexibility index (Phi) is 14.4. The summed E-state index contributed by atoms with van der Waals surface area (Å²) in [4.78, 5) is 23.8. The van der Waals surface area contributed by atoms with Crippen LogP contribution in [-0.4, -0.2) is 33.3 Å². The Bertz CT molecular complexity index is 2260. The van der Waals surface area contributed by atoms with Crippen molar-refractivity contribution in [3.05, 3.63) is 185 Å². The molecule has 0 N–H and O–H groups in total. The van der Waals surface area contributed by atoms with E-state index in [0.717, 1.165) is 57.5 Å². The smallest absolute Gasteiger partial charge is 0.311 e. The molecule has 304 valence electrons. The van der Waals surface area contributed by atoms with Gasteiger partial charge in [-0.25, -0.2) is 0 Å². The lowest BCUT2D eigenvalue weighted by atomic mass is 9.83. The second kappa shape index (κ2) is 19.8. The summed E-state index contributed by atoms with van der Waals surface area (Å²) in [5.74, 6) is 2.31. The van der Waals surface area contributed by atoms with Crippen LogP contribution in [0.3, 0.4) is 0 Å². The van der Waals surface area contributed by atoms with E-state index in [-0.39, 0.29) is 24.8 Å². The number of carbonyl (C=O) groups is 2. The van der Waals surface area contributed by atoms with Crippen LogP contribution in [-0.2, 0) is 19.3 Å². The SMILES string of the molecule is COc1ccc(C(Cl)(c2ccc(C)cc2)c2cccc(OC(=O)CCCCCCC(=O)Oc3cccc(C(Cl)(c4ccc(OC)cc4)c4ccc(OC)cc4)c3)c2)cc1. The molecular formula is C50H48Cl2O7. The third kappa shape index (κ3) is 10.3. The van der Waals surface area contributed by atoms with Gasteiger partial charge in [0.2, 0.25) is 0 Å². The molecule has 6 rings (SSSR count). The number of alkyl halides is 2. The molecule has 0 fully saturated rings. The van der Waals surface area contributed by atoms with Crippen LogP contribution >= 0.6 is 23.2 Å². The zero-order valence-electron chi connectivity index (χ0n) is 33.7. The van der Waals surface area contributed by atoms with E-state index in [4.69, 9.17) is 46.9 Å². The van der Waals surface area contributed by atoms with Crippen LogP contribution in [0.25, 0.3) is 0 Å². The highest BCUT2D eigenvalue weighted by atomic mass is 35.5. The fourth-order valence-corrected chi connectivity index (χ4v) is 7.79. The summed E-state index contributed by atoms with van der Waals surface area (Å²) in [7, 11) is 4.86. The quantitative estimate of drug-likeness (QED) is 0.0280. The predicted molar refractivity (Wildman–Crippen MR) is 233 cm³/mol. The van der Waals surface area contributed by atoms with Crippen LogP contribution in [0.4, 0.5) is 0 Å². The van der Waals surface area contributed by atoms with E-state index in [0.29, 0.717) is 35.8 Å². The van der Waals surface area contributed by atoms with Crippen molar-refractivity contribution in [3.8, 4) is 28.7 Å². The summed E-state index contributed by atoms with van der Waals surface area (Å²) < 4.78 is 27.7. The summed E-state index contributed by atoms with van der Waals surface area (Å²) in [6, 6.07) is 45.6. The van der Waals surface area contributed by atoms with Gasteiger partial charge in [-0.15, -0.1) is 23.2 Å². The molecule has 0 aliphatic heterocycles. The molecule has 0 heterocycles. The van der Waals surface area contributed by atoms with Crippen LogP contribution in [0.2, 0.25) is 0 Å². The van der Waals surface area contributed by atoms with Crippen molar-refractivity contribution in [1.29, 1.82) is 0 Å². The molecule has 0 saturated heterocycles. The number of esters is 2. The molecule has 0 aliphatic rings. The fourth-order valence-electron chi connectivity index (χ4n) is 7.05. The molecule has 0 amide bonds. The molecule has 59 heavy (non-hydrogen) atoms. The molecule has 0 radical (unpaired) electrons. The molecule has 9 heteroatoms. The standard InChI is InChI=1S/C50H48Cl2O7/c1-35-17-19-36(20-18-35)49(51,37-21-27-42(55-2)28-22-37)40-11-9-13-45(33-40)58-47(53)15-7-5-6-8-16-48(54)59-46-14-10-12-41(34-46)50(52,38-23-29-43(56-3)30-24-38)39-25-31-44(57-4)32-26-39/h9-14,17-34H,5-8,15-16H2,1-4H3. The predicted octanol–water partition coefficient (Wildman–Crippen LogP) is 11.9. The number of benzene rings is 6. The fraction of sp³-hybridized carbons (Fsp3) is 0.240. The Morgan fingerprint density at radius 1 is 0.424 bits per heavy atom. The minimum Gasteiger partial charge on any atom is -0.497 e. The number of hydrogen-bond donors (Lipinski definition) is 0. The summed E-state index contributed by atoms with van der Waals surface area (Å²) in [5.41, 5.74) is 6.03. The largest absolute Gasteiger partial charge is 0.497 e. The highest BCUT2D eigenvalue weighted by molar-refractivity contribution is 6.28. The Morgan fingerprint density at radius 3 is 1.07 bits per heavy atom. The first-order valence-corrected chi connectivity index (χ1v) is 20.3. The van der Waals surface area contributed by atoms with Gasteiger partial charge in [0, 0.05) is 12.8 Å². The van der Waals surface area contributed by atoms with Gasteiger partial charge in [-0.05, 0) is 114 Å². The second-order valence-electron chi connectivity index (χ2n) is 14.3. The van der Waals surface area contributed by atoms with Gasteiger partial charge in [0.15, 0.2) is 0 Å². The number of unbranched alkanes of at least 4 members (excludes halogenated alkanes) is 3. The first-order chi connectivity index (χ1) is 28.6. The summed E-state index contributed by atoms with van der Waals surface area (Å²) in [6.07, 6.45) is 3.23. The molecule has 1 atom stereocenters. The molecular weight excluding hydrogens is 783 g/mol. The summed E-state index contributed by atoms with van der Waals surface area (Å²) in [6.45, 7) is 2.03. The minimum atomic E-state index is -1.09. The van der Waals surface area contributed by atoms with Gasteiger partial charge in [0.25, 0.3) is 0 Å². The average Bonchev–Trinajstić information content (AvgIpc) is 3.27. The van der Waals surface area contributed by atoms with Crippen LogP contribution in [0.1, 0.15) is 77.5 Å². The van der Waals surface area contributed by atoms with Gasteiger partial charge in [0.05, 0.1) is 21.3 Å². The second-order valence-corrected chi connectivity index (χ2v) is 15.4. The van der Waals surface area contributed by atoms with Gasteiger partial charge in [-0.3, -0.25) is 9.59 Å². The number of aryl methyl sites for hydroxylation is 1. The molecule has 0 aliphatic carbocycles. The van der Waals surface area contributed by atoms with Gasteiger partial charge < -0.3 is 23.7 Å². The van der Waals surface area contributed by atoms with Crippen molar-refractivity contribution in [3.63, 3.8) is 0 Å². The zero-order valence-corrected chi connectivity index (χ0v) is 35.2. The van der Waals surface area contributed by atoms with E-state index in [9.17, 15) is 9.59 Å². The Labute approximate surface area is 356 Å². The number of halogens is 2. The first kappa shape index (κ1) is 42.8. The number of rotatable bonds is 18. The van der Waals surface area contributed by atoms with E-state index in [1.54, 1.807) is 39.5 Å². The molecule has 0 spiro atoms. The maximum Gasteiger partial charge on any atom is 0.311 e. The Hall–Kier alpha value is -5.76. The average molecular weight is 832 g/mol. The van der Waals surface area contributed by atoms with E-state index in [1.165, 1.54) is 0 Å². The van der Waals surface area contributed by atoms with Crippen molar-refractivity contribution in [2.45, 2.75) is 55.2 Å². The van der Waals surface area contributed by atoms with E-state index < -0.39 is 9.75 Å². The van der Waals surface area contributed by atoms with E-state index in [2.05, 4.69) is 0 Å². The normalized spacial score (nSPS) is 12.2. The molecule has 7 nitrogen and oxygen atoms in total. The maximum atomic E-state index is 12.9. The van der Waals surface area contributed by atoms with Gasteiger partial charge in [0.1, 0.15) is 38.5 Å². The third-order valence-electron chi connectivity index (χ3n) is 10.4. The van der Waals surface area contributed by atoms with E-state index >= 15 is 0 Å². The molecule has 0 bridgehead atoms. The lowest BCUT2D eigenvalue weighted by molar-refractivity contribution is -0.135. The van der Waals surface area contributed by atoms with Gasteiger partial charge in [-0.2, -0.15) is 0 Å². The summed E-state index contributed by atoms with van der Waals surface area (Å²) >= 11 is 15.1. The topological polar surface area (TPSA) is 80.3 Å². The highest BCUT2D eigenvalue weighted by Crippen LogP contribution is 2.46. The highest BCUT2D eigenvalue weighted by Gasteiger charge is 2.36. The number of ether oxygens (including phenoxy) is 5. The van der Waals surface area contributed by atoms with Crippen molar-refractivity contribution >= 4 is 35.1 Å². The van der Waals surface area contributed by atoms with Crippen LogP contribution in [0.15, 0.2) is 146 Å². The summed E-state index contributed by atoms with van der Waals surface area (Å²) in [5, 5.41) is 0. The molecule has 0 aromatic heterocycles. The van der Waals surface area contributed by atoms with Crippen molar-refractivity contribution in [2.75, 3.05) is 21.3 Å². The first-order valence-electron chi connectivity index (χ1n) is 19.6. The van der Waals surface area contributed by atoms with Crippen molar-refractivity contribution in [2.24, 2.45) is 0 Å². The van der Waals surface area contributed by atoms with Gasteiger partial charge >= 0.3 is 11.9 Å². The zero-order chi connectivity index (χ0) is 41.8. The Balaban J connectivity index is 1.02. The number of methoxy groups -OCH3 is 3. The van der Waals surface area contributed by atoms with Crippen LogP contribution in [0.5, 0.6) is 28.7 Å². The van der Waals surface area contributed by atoms with E-state index in [1.807, 2.05) is 134 Å². The van der Waals surface area contributed by atoms with Crippen molar-refractivity contribution < 1.29 is 33.3 Å². The van der Waals surface area contributed by atoms with Gasteiger partial charge in [-0.1, -0.05) is 103 Å². The molecule has 1 unspecified atom stereocenters. The third-order valence-corrected chi connectivity index (χ3v) is 11.7. The molecule has 6 aromatic carbocycles. The monoisotopic (exact) mass is 830 g/mol. The van der Waals surface area contributed by atoms with Crippen LogP contribution < -0.4 is 23.7 Å². The lowest BCUT2D eigenvalue weighted by Gasteiger charge is -2.29. The number of carbonyl (C=O) groups excluding carboxylic acids is 2. The van der Waals surface area contributed by atoms with Crippen LogP contribution in [0, 0.1) is 6.92 Å². The maximum absolute atomic E-state index is 12.9. The minimum absolute atomic E-state index is 0.236. The molecule has 6 aromatic rings. The number of hydrogen-bond acceptors (Lipinski definition) is 7. The Morgan fingerprint density at radius 2 is 0.746 bits per heavy atom. The van der Waals surface area contributed by atoms with Crippen molar-refractivity contribution in [1.82, 2.24) is 0 Å². The lowest BCUT2D eigenvalue weighted by Crippen LogP contribution is -2.22. The molecule has 0 saturated carbocycles.